The molecule has 100 valence electrons. The minimum Gasteiger partial charge on any atom is -0.508 e. The van der Waals surface area contributed by atoms with E-state index in [0.717, 1.165) is 5.56 Å². The van der Waals surface area contributed by atoms with Crippen molar-refractivity contribution in [2.75, 3.05) is 0 Å². The molecule has 1 aliphatic rings. The van der Waals surface area contributed by atoms with Crippen molar-refractivity contribution in [3.63, 3.8) is 0 Å². The van der Waals surface area contributed by atoms with Crippen LogP contribution in [-0.2, 0) is 6.54 Å². The van der Waals surface area contributed by atoms with Gasteiger partial charge in [0.2, 0.25) is 0 Å². The van der Waals surface area contributed by atoms with Gasteiger partial charge >= 0.3 is 0 Å². The van der Waals surface area contributed by atoms with E-state index in [-0.39, 0.29) is 5.75 Å². The van der Waals surface area contributed by atoms with Gasteiger partial charge in [-0.15, -0.1) is 0 Å². The molecule has 1 saturated carbocycles. The number of halogens is 1. The summed E-state index contributed by atoms with van der Waals surface area (Å²) in [6.07, 6.45) is 6.52. The molecule has 0 amide bonds. The van der Waals surface area contributed by atoms with Crippen molar-refractivity contribution in [1.82, 2.24) is 5.32 Å². The molecule has 0 aliphatic heterocycles. The summed E-state index contributed by atoms with van der Waals surface area (Å²) < 4.78 is 0. The number of benzene rings is 1. The number of aromatic hydroxyl groups is 1. The number of phenolic OH excluding ortho intramolecular Hbond substituents is 1. The summed E-state index contributed by atoms with van der Waals surface area (Å²) in [5.74, 6) is 0.994. The lowest BCUT2D eigenvalue weighted by atomic mass is 9.97. The van der Waals surface area contributed by atoms with E-state index in [1.165, 1.54) is 32.1 Å². The quantitative estimate of drug-likeness (QED) is 0.808. The minimum atomic E-state index is 0.288. The number of phenols is 1. The van der Waals surface area contributed by atoms with E-state index < -0.39 is 0 Å². The third kappa shape index (κ3) is 3.39. The van der Waals surface area contributed by atoms with Gasteiger partial charge in [0.1, 0.15) is 5.75 Å². The van der Waals surface area contributed by atoms with Crippen LogP contribution >= 0.6 is 11.6 Å². The third-order valence-corrected chi connectivity index (χ3v) is 4.35. The van der Waals surface area contributed by atoms with Crippen LogP contribution in [-0.4, -0.2) is 11.1 Å². The fourth-order valence-corrected chi connectivity index (χ4v) is 2.99. The highest BCUT2D eigenvalue weighted by molar-refractivity contribution is 6.31. The molecule has 1 fully saturated rings. The average molecular weight is 268 g/mol. The van der Waals surface area contributed by atoms with Gasteiger partial charge in [0.25, 0.3) is 0 Å². The maximum absolute atomic E-state index is 9.82. The van der Waals surface area contributed by atoms with E-state index in [9.17, 15) is 5.11 Å². The van der Waals surface area contributed by atoms with E-state index >= 15 is 0 Å². The molecule has 2 nitrogen and oxygen atoms in total. The van der Waals surface area contributed by atoms with Crippen LogP contribution in [0.25, 0.3) is 0 Å². The fraction of sp³-hybridized carbons (Fsp3) is 0.600. The van der Waals surface area contributed by atoms with Crippen molar-refractivity contribution in [2.24, 2.45) is 5.92 Å². The molecular formula is C15H22ClNO. The summed E-state index contributed by atoms with van der Waals surface area (Å²) in [6, 6.07) is 5.84. The van der Waals surface area contributed by atoms with Crippen LogP contribution in [0, 0.1) is 5.92 Å². The molecule has 1 aromatic rings. The Labute approximate surface area is 114 Å². The molecule has 1 aromatic carbocycles. The van der Waals surface area contributed by atoms with Crippen LogP contribution in [0.4, 0.5) is 0 Å². The lowest BCUT2D eigenvalue weighted by Crippen LogP contribution is -2.33. The second-order valence-corrected chi connectivity index (χ2v) is 5.75. The number of hydrogen-bond acceptors (Lipinski definition) is 2. The first kappa shape index (κ1) is 13.7. The van der Waals surface area contributed by atoms with Crippen molar-refractivity contribution in [1.29, 1.82) is 0 Å². The Kier molecular flexibility index (Phi) is 4.90. The molecule has 0 radical (unpaired) electrons. The zero-order valence-electron chi connectivity index (χ0n) is 11.0. The zero-order chi connectivity index (χ0) is 13.0. The maximum Gasteiger partial charge on any atom is 0.121 e. The molecule has 2 rings (SSSR count). The average Bonchev–Trinajstić information content (AvgIpc) is 2.54. The monoisotopic (exact) mass is 267 g/mol. The van der Waals surface area contributed by atoms with Crippen LogP contribution in [0.2, 0.25) is 5.02 Å². The highest BCUT2D eigenvalue weighted by atomic mass is 35.5. The Morgan fingerprint density at radius 2 is 2.06 bits per heavy atom. The van der Waals surface area contributed by atoms with Crippen molar-refractivity contribution in [3.05, 3.63) is 28.8 Å². The first-order chi connectivity index (χ1) is 8.68. The highest BCUT2D eigenvalue weighted by Gasteiger charge is 2.19. The molecule has 18 heavy (non-hydrogen) atoms. The Bertz CT molecular complexity index is 374. The Morgan fingerprint density at radius 3 is 2.83 bits per heavy atom. The molecule has 2 unspecified atom stereocenters. The molecule has 0 spiro atoms. The van der Waals surface area contributed by atoms with Gasteiger partial charge < -0.3 is 10.4 Å². The summed E-state index contributed by atoms with van der Waals surface area (Å²) in [5.41, 5.74) is 0.815. The van der Waals surface area contributed by atoms with Crippen LogP contribution in [0.15, 0.2) is 18.2 Å². The summed E-state index contributed by atoms with van der Waals surface area (Å²) in [7, 11) is 0. The zero-order valence-corrected chi connectivity index (χ0v) is 11.7. The molecule has 0 bridgehead atoms. The van der Waals surface area contributed by atoms with Gasteiger partial charge in [-0.1, -0.05) is 43.9 Å². The Hall–Kier alpha value is -0.730. The minimum absolute atomic E-state index is 0.288. The smallest absolute Gasteiger partial charge is 0.121 e. The van der Waals surface area contributed by atoms with Crippen molar-refractivity contribution in [2.45, 2.75) is 51.6 Å². The van der Waals surface area contributed by atoms with Crippen molar-refractivity contribution < 1.29 is 5.11 Å². The first-order valence-electron chi connectivity index (χ1n) is 6.88. The standard InChI is InChI=1S/C15H22ClNO/c1-11-6-3-2-4-8-14(11)17-10-12-13(16)7-5-9-15(12)18/h5,7,9,11,14,17-18H,2-4,6,8,10H2,1H3. The summed E-state index contributed by atoms with van der Waals surface area (Å²) in [4.78, 5) is 0. The summed E-state index contributed by atoms with van der Waals surface area (Å²) in [5, 5.41) is 14.0. The van der Waals surface area contributed by atoms with Gasteiger partial charge in [-0.05, 0) is 30.9 Å². The molecular weight excluding hydrogens is 246 g/mol. The van der Waals surface area contributed by atoms with E-state index in [4.69, 9.17) is 11.6 Å². The number of rotatable bonds is 3. The first-order valence-corrected chi connectivity index (χ1v) is 7.26. The summed E-state index contributed by atoms with van der Waals surface area (Å²) in [6.45, 7) is 2.97. The predicted molar refractivity (Wildman–Crippen MR) is 76.0 cm³/mol. The van der Waals surface area contributed by atoms with Gasteiger partial charge in [-0.25, -0.2) is 0 Å². The highest BCUT2D eigenvalue weighted by Crippen LogP contribution is 2.27. The fourth-order valence-electron chi connectivity index (χ4n) is 2.75. The third-order valence-electron chi connectivity index (χ3n) is 4.00. The molecule has 3 heteroatoms. The molecule has 2 N–H and O–H groups in total. The van der Waals surface area contributed by atoms with E-state index in [2.05, 4.69) is 12.2 Å². The van der Waals surface area contributed by atoms with Crippen LogP contribution in [0.5, 0.6) is 5.75 Å². The normalized spacial score (nSPS) is 24.8. The van der Waals surface area contributed by atoms with E-state index in [1.54, 1.807) is 12.1 Å². The Morgan fingerprint density at radius 1 is 1.28 bits per heavy atom. The predicted octanol–water partition coefficient (Wildman–Crippen LogP) is 4.10. The molecule has 1 aliphatic carbocycles. The van der Waals surface area contributed by atoms with Crippen molar-refractivity contribution in [3.8, 4) is 5.75 Å². The largest absolute Gasteiger partial charge is 0.508 e. The second kappa shape index (κ2) is 6.44. The topological polar surface area (TPSA) is 32.3 Å². The maximum atomic E-state index is 9.82. The van der Waals surface area contributed by atoms with Crippen LogP contribution in [0.3, 0.4) is 0 Å². The van der Waals surface area contributed by atoms with Gasteiger partial charge in [-0.2, -0.15) is 0 Å². The van der Waals surface area contributed by atoms with Gasteiger partial charge in [-0.3, -0.25) is 0 Å². The lowest BCUT2D eigenvalue weighted by molar-refractivity contribution is 0.353. The van der Waals surface area contributed by atoms with Gasteiger partial charge in [0, 0.05) is 23.2 Å². The SMILES string of the molecule is CC1CCCCCC1NCc1c(O)cccc1Cl. The van der Waals surface area contributed by atoms with Crippen molar-refractivity contribution >= 4 is 11.6 Å². The lowest BCUT2D eigenvalue weighted by Gasteiger charge is -2.23. The van der Waals surface area contributed by atoms with Gasteiger partial charge in [0.05, 0.1) is 0 Å². The molecule has 0 saturated heterocycles. The van der Waals surface area contributed by atoms with Gasteiger partial charge in [0.15, 0.2) is 0 Å². The summed E-state index contributed by atoms with van der Waals surface area (Å²) >= 11 is 6.12. The molecule has 2 atom stereocenters. The van der Waals surface area contributed by atoms with E-state index in [0.29, 0.717) is 23.5 Å². The number of nitrogens with one attached hydrogen (secondary N) is 1. The second-order valence-electron chi connectivity index (χ2n) is 5.34. The van der Waals surface area contributed by atoms with Crippen LogP contribution < -0.4 is 5.32 Å². The molecule has 0 aromatic heterocycles. The van der Waals surface area contributed by atoms with E-state index in [1.807, 2.05) is 6.07 Å². The molecule has 0 heterocycles. The number of hydrogen-bond donors (Lipinski definition) is 2. The van der Waals surface area contributed by atoms with Crippen LogP contribution in [0.1, 0.15) is 44.6 Å². The Balaban J connectivity index is 1.98.